The van der Waals surface area contributed by atoms with E-state index in [0.717, 1.165) is 12.1 Å². The maximum atomic E-state index is 12.9. The predicted molar refractivity (Wildman–Crippen MR) is 117 cm³/mol. The first-order valence-corrected chi connectivity index (χ1v) is 10.4. The number of thioether (sulfide) groups is 1. The van der Waals surface area contributed by atoms with Gasteiger partial charge < -0.3 is 21.3 Å². The van der Waals surface area contributed by atoms with E-state index < -0.39 is 23.4 Å². The molecule has 0 bridgehead atoms. The molecule has 158 valence electrons. The Morgan fingerprint density at radius 1 is 1.00 bits per heavy atom. The van der Waals surface area contributed by atoms with Crippen LogP contribution in [0.5, 0.6) is 0 Å². The number of nitrogens with two attached hydrogens (primary N) is 2. The third kappa shape index (κ3) is 3.54. The Bertz CT molecular complexity index is 1030. The normalized spacial score (nSPS) is 21.8. The number of benzene rings is 2. The van der Waals surface area contributed by atoms with Crippen molar-refractivity contribution in [3.05, 3.63) is 68.8 Å². The Labute approximate surface area is 185 Å². The van der Waals surface area contributed by atoms with Crippen molar-refractivity contribution < 1.29 is 13.2 Å². The summed E-state index contributed by atoms with van der Waals surface area (Å²) in [6.45, 7) is 1.73. The quantitative estimate of drug-likeness (QED) is 0.626. The van der Waals surface area contributed by atoms with Gasteiger partial charge in [-0.25, -0.2) is 4.99 Å². The van der Waals surface area contributed by atoms with Crippen LogP contribution in [0, 0.1) is 0 Å². The van der Waals surface area contributed by atoms with Gasteiger partial charge in [-0.15, -0.1) is 0 Å². The lowest BCUT2D eigenvalue weighted by molar-refractivity contribution is -0.137. The molecule has 2 atom stereocenters. The smallest absolute Gasteiger partial charge is 0.311 e. The summed E-state index contributed by atoms with van der Waals surface area (Å²) in [7, 11) is 0. The molecule has 2 unspecified atom stereocenters. The lowest BCUT2D eigenvalue weighted by Crippen LogP contribution is -2.53. The fourth-order valence-corrected chi connectivity index (χ4v) is 5.13. The summed E-state index contributed by atoms with van der Waals surface area (Å²) in [5, 5.41) is 1.41. The summed E-state index contributed by atoms with van der Waals surface area (Å²) in [4.78, 5) is 7.96. The number of rotatable bonds is 2. The minimum absolute atomic E-state index is 0.395. The first-order chi connectivity index (χ1) is 14.1. The summed E-state index contributed by atoms with van der Waals surface area (Å²) < 4.78 is 38.8. The van der Waals surface area contributed by atoms with Gasteiger partial charge in [-0.05, 0) is 43.3 Å². The van der Waals surface area contributed by atoms with Gasteiger partial charge in [0.1, 0.15) is 22.5 Å². The summed E-state index contributed by atoms with van der Waals surface area (Å²) >= 11 is 14.1. The molecule has 11 heteroatoms. The number of para-hydroxylation sites is 1. The van der Waals surface area contributed by atoms with Crippen molar-refractivity contribution in [2.45, 2.75) is 24.8 Å². The molecule has 2 aromatic rings. The molecule has 2 aliphatic rings. The van der Waals surface area contributed by atoms with Crippen LogP contribution in [0.1, 0.15) is 12.5 Å². The maximum Gasteiger partial charge on any atom is 0.416 e. The van der Waals surface area contributed by atoms with Crippen LogP contribution in [-0.2, 0) is 6.18 Å². The zero-order valence-corrected chi connectivity index (χ0v) is 17.8. The van der Waals surface area contributed by atoms with Gasteiger partial charge in [-0.2, -0.15) is 13.2 Å². The number of amidine groups is 1. The van der Waals surface area contributed by atoms with E-state index in [9.17, 15) is 13.2 Å². The fourth-order valence-electron chi connectivity index (χ4n) is 3.47. The van der Waals surface area contributed by atoms with Crippen molar-refractivity contribution in [2.24, 2.45) is 16.5 Å². The van der Waals surface area contributed by atoms with Crippen molar-refractivity contribution in [3.8, 4) is 0 Å². The van der Waals surface area contributed by atoms with Crippen LogP contribution in [0.2, 0.25) is 10.0 Å². The molecule has 0 aliphatic carbocycles. The Morgan fingerprint density at radius 3 is 2.17 bits per heavy atom. The number of anilines is 2. The van der Waals surface area contributed by atoms with Gasteiger partial charge in [0.2, 0.25) is 0 Å². The van der Waals surface area contributed by atoms with E-state index in [0.29, 0.717) is 38.0 Å². The van der Waals surface area contributed by atoms with Crippen LogP contribution in [-0.4, -0.2) is 17.5 Å². The molecule has 2 aromatic carbocycles. The topological polar surface area (TPSA) is 70.9 Å². The van der Waals surface area contributed by atoms with Crippen LogP contribution in [0.15, 0.2) is 58.2 Å². The molecule has 0 spiro atoms. The zero-order chi connectivity index (χ0) is 21.8. The minimum atomic E-state index is -4.42. The molecule has 0 amide bonds. The zero-order valence-electron chi connectivity index (χ0n) is 15.5. The number of alkyl halides is 3. The van der Waals surface area contributed by atoms with E-state index in [1.54, 1.807) is 34.9 Å². The van der Waals surface area contributed by atoms with Gasteiger partial charge in [-0.3, -0.25) is 0 Å². The number of hydrogen-bond donors (Lipinski definition) is 2. The molecule has 2 heterocycles. The molecule has 0 aromatic heterocycles. The van der Waals surface area contributed by atoms with Gasteiger partial charge in [0.25, 0.3) is 0 Å². The first kappa shape index (κ1) is 21.3. The molecule has 4 N–H and O–H groups in total. The minimum Gasteiger partial charge on any atom is -0.311 e. The second-order valence-corrected chi connectivity index (χ2v) is 8.58. The highest BCUT2D eigenvalue weighted by atomic mass is 35.5. The Morgan fingerprint density at radius 2 is 1.60 bits per heavy atom. The number of aliphatic imine (C=N–C) groups is 1. The summed E-state index contributed by atoms with van der Waals surface area (Å²) in [6.07, 6.45) is -5.18. The van der Waals surface area contributed by atoms with Gasteiger partial charge in [0.15, 0.2) is 0 Å². The van der Waals surface area contributed by atoms with E-state index in [1.165, 1.54) is 23.9 Å². The SMILES string of the molecule is CC1=NC2=C(C(N)N1c1ccc(C(F)(F)F)cc1)N(c1c(Cl)cccc1Cl)C(N)S2. The van der Waals surface area contributed by atoms with E-state index in [1.807, 2.05) is 0 Å². The molecule has 4 rings (SSSR count). The maximum absolute atomic E-state index is 12.9. The van der Waals surface area contributed by atoms with E-state index in [4.69, 9.17) is 34.7 Å². The molecule has 30 heavy (non-hydrogen) atoms. The molecular weight excluding hydrogens is 458 g/mol. The van der Waals surface area contributed by atoms with E-state index in [2.05, 4.69) is 4.99 Å². The van der Waals surface area contributed by atoms with Crippen molar-refractivity contribution >= 4 is 52.2 Å². The summed E-state index contributed by atoms with van der Waals surface area (Å²) in [6, 6.07) is 9.85. The average molecular weight is 474 g/mol. The average Bonchev–Trinajstić information content (AvgIpc) is 2.97. The van der Waals surface area contributed by atoms with Gasteiger partial charge >= 0.3 is 6.18 Å². The molecule has 0 fully saturated rings. The highest BCUT2D eigenvalue weighted by molar-refractivity contribution is 8.04. The monoisotopic (exact) mass is 473 g/mol. The second kappa shape index (κ2) is 7.65. The Balaban J connectivity index is 1.76. The lowest BCUT2D eigenvalue weighted by atomic mass is 10.1. The molecule has 2 aliphatic heterocycles. The number of halogens is 5. The van der Waals surface area contributed by atoms with Crippen LogP contribution >= 0.6 is 35.0 Å². The third-order valence-electron chi connectivity index (χ3n) is 4.79. The van der Waals surface area contributed by atoms with Crippen molar-refractivity contribution in [1.82, 2.24) is 0 Å². The second-order valence-electron chi connectivity index (χ2n) is 6.66. The number of hydrogen-bond acceptors (Lipinski definition) is 6. The largest absolute Gasteiger partial charge is 0.416 e. The van der Waals surface area contributed by atoms with Gasteiger partial charge in [0.05, 0.1) is 27.0 Å². The third-order valence-corrected chi connectivity index (χ3v) is 6.37. The van der Waals surface area contributed by atoms with Gasteiger partial charge in [0, 0.05) is 5.69 Å². The molecular formula is C19H16Cl2F3N5S. The van der Waals surface area contributed by atoms with E-state index in [-0.39, 0.29) is 0 Å². The summed E-state index contributed by atoms with van der Waals surface area (Å²) in [5.41, 5.74) is 13.1. The highest BCUT2D eigenvalue weighted by Crippen LogP contribution is 2.48. The predicted octanol–water partition coefficient (Wildman–Crippen LogP) is 5.20. The Hall–Kier alpha value is -1.91. The van der Waals surface area contributed by atoms with Crippen molar-refractivity contribution in [3.63, 3.8) is 0 Å². The molecule has 5 nitrogen and oxygen atoms in total. The van der Waals surface area contributed by atoms with Crippen molar-refractivity contribution in [2.75, 3.05) is 9.80 Å². The lowest BCUT2D eigenvalue weighted by Gasteiger charge is -2.38. The van der Waals surface area contributed by atoms with Crippen LogP contribution in [0.25, 0.3) is 0 Å². The standard InChI is InChI=1S/C19H16Cl2F3N5S/c1-9-27-17-15(29(18(26)30-17)14-12(20)3-2-4-13(14)21)16(25)28(9)11-7-5-10(6-8-11)19(22,23)24/h2-8,16,18H,25-26H2,1H3. The van der Waals surface area contributed by atoms with Gasteiger partial charge in [-0.1, -0.05) is 41.0 Å². The molecule has 0 saturated carbocycles. The fraction of sp³-hybridized carbons (Fsp3) is 0.211. The highest BCUT2D eigenvalue weighted by Gasteiger charge is 2.42. The molecule has 0 radical (unpaired) electrons. The van der Waals surface area contributed by atoms with Crippen LogP contribution < -0.4 is 21.3 Å². The van der Waals surface area contributed by atoms with E-state index >= 15 is 0 Å². The van der Waals surface area contributed by atoms with Crippen LogP contribution in [0.4, 0.5) is 24.5 Å². The molecule has 0 saturated heterocycles. The van der Waals surface area contributed by atoms with Crippen molar-refractivity contribution in [1.29, 1.82) is 0 Å². The Kier molecular flexibility index (Phi) is 5.44. The van der Waals surface area contributed by atoms with Crippen LogP contribution in [0.3, 0.4) is 0 Å². The first-order valence-electron chi connectivity index (χ1n) is 8.76. The summed E-state index contributed by atoms with van der Waals surface area (Å²) in [5.74, 6) is 0.535. The number of nitrogens with zero attached hydrogens (tertiary/aromatic N) is 3.